The van der Waals surface area contributed by atoms with Gasteiger partial charge in [-0.25, -0.2) is 14.1 Å². The summed E-state index contributed by atoms with van der Waals surface area (Å²) in [5.41, 5.74) is -0.153. The van der Waals surface area contributed by atoms with E-state index >= 15 is 0 Å². The molecular formula is C17H15Br2FN4O5S2. The third-order valence-electron chi connectivity index (χ3n) is 4.63. The standard InChI is InChI=1S/C17H15Br2FN4O5S2/c18-7-1-6(2-8(19)12(7)20)31-16-15(27)13(14(26)11(4-25)29-16)24-3-9(22-23-24)10-5-30-17(28)21-10/h1-3,5,11,13-16,25-27H,4H2,(H,21,28). The van der Waals surface area contributed by atoms with Crippen LogP contribution in [0, 0.1) is 5.82 Å². The number of thiazole rings is 1. The maximum absolute atomic E-state index is 13.9. The highest BCUT2D eigenvalue weighted by atomic mass is 79.9. The van der Waals surface area contributed by atoms with E-state index in [4.69, 9.17) is 4.74 Å². The first kappa shape index (κ1) is 23.0. The maximum Gasteiger partial charge on any atom is 0.271 e. The summed E-state index contributed by atoms with van der Waals surface area (Å²) in [6.07, 6.45) is -2.03. The van der Waals surface area contributed by atoms with Gasteiger partial charge in [-0.3, -0.25) is 0 Å². The van der Waals surface area contributed by atoms with Crippen LogP contribution in [0.15, 0.2) is 37.6 Å². The smallest absolute Gasteiger partial charge is 0.271 e. The van der Waals surface area contributed by atoms with Crippen molar-refractivity contribution in [3.8, 4) is 16.6 Å². The van der Waals surface area contributed by atoms with Crippen molar-refractivity contribution in [3.63, 3.8) is 0 Å². The number of aliphatic hydroxyl groups excluding tert-OH is 3. The van der Waals surface area contributed by atoms with Gasteiger partial charge in [-0.2, -0.15) is 0 Å². The number of hydrogen-bond donors (Lipinski definition) is 4. The fraction of sp³-hybridized carbons (Fsp3) is 0.353. The molecule has 31 heavy (non-hydrogen) atoms. The van der Waals surface area contributed by atoms with E-state index in [1.807, 2.05) is 0 Å². The van der Waals surface area contributed by atoms with Crippen molar-refractivity contribution < 1.29 is 29.6 Å². The quantitative estimate of drug-likeness (QED) is 0.327. The molecule has 1 aliphatic heterocycles. The fourth-order valence-corrected chi connectivity index (χ4v) is 6.30. The Morgan fingerprint density at radius 1 is 1.19 bits per heavy atom. The van der Waals surface area contributed by atoms with Crippen LogP contribution in [0.5, 0.6) is 5.19 Å². The van der Waals surface area contributed by atoms with Crippen molar-refractivity contribution in [2.45, 2.75) is 34.7 Å². The fourth-order valence-electron chi connectivity index (χ4n) is 3.13. The lowest BCUT2D eigenvalue weighted by molar-refractivity contribution is -0.178. The lowest BCUT2D eigenvalue weighted by Gasteiger charge is -2.41. The van der Waals surface area contributed by atoms with Crippen LogP contribution in [0.2, 0.25) is 0 Å². The minimum Gasteiger partial charge on any atom is -0.486 e. The zero-order valence-electron chi connectivity index (χ0n) is 15.3. The lowest BCUT2D eigenvalue weighted by Crippen LogP contribution is -2.55. The van der Waals surface area contributed by atoms with Gasteiger partial charge >= 0.3 is 0 Å². The molecule has 5 unspecified atom stereocenters. The molecule has 0 saturated carbocycles. The van der Waals surface area contributed by atoms with Gasteiger partial charge in [-0.1, -0.05) is 28.3 Å². The Bertz CT molecular complexity index is 1060. The summed E-state index contributed by atoms with van der Waals surface area (Å²) in [7, 11) is 0. The second-order valence-corrected chi connectivity index (χ2v) is 10.3. The Kier molecular flexibility index (Phi) is 6.98. The van der Waals surface area contributed by atoms with E-state index in [0.29, 0.717) is 16.3 Å². The highest BCUT2D eigenvalue weighted by Gasteiger charge is 2.46. The topological polar surface area (TPSA) is 134 Å². The van der Waals surface area contributed by atoms with Gasteiger partial charge in [-0.15, -0.1) is 5.10 Å². The average Bonchev–Trinajstić information content (AvgIpc) is 3.37. The van der Waals surface area contributed by atoms with Crippen LogP contribution in [-0.4, -0.2) is 70.8 Å². The predicted molar refractivity (Wildman–Crippen MR) is 117 cm³/mol. The number of benzene rings is 1. The normalized spacial score (nSPS) is 26.3. The molecule has 0 bridgehead atoms. The molecule has 0 aliphatic carbocycles. The molecule has 1 saturated heterocycles. The third-order valence-corrected chi connectivity index (χ3v) is 7.56. The molecule has 2 aromatic heterocycles. The summed E-state index contributed by atoms with van der Waals surface area (Å²) in [4.78, 5) is 4.52. The van der Waals surface area contributed by atoms with Gasteiger partial charge in [0.15, 0.2) is 5.82 Å². The molecule has 1 fully saturated rings. The SMILES string of the molecule is OCC1OC(Sc2cc(Br)c(F)c(Br)c2)C(O)C(n2cc(-c3csc(O)n3)nn2)C1O. The van der Waals surface area contributed by atoms with E-state index in [-0.39, 0.29) is 14.1 Å². The van der Waals surface area contributed by atoms with Crippen LogP contribution >= 0.6 is 55.0 Å². The van der Waals surface area contributed by atoms with Crippen LogP contribution in [0.3, 0.4) is 0 Å². The lowest BCUT2D eigenvalue weighted by atomic mass is 9.97. The molecule has 14 heteroatoms. The van der Waals surface area contributed by atoms with E-state index in [1.54, 1.807) is 5.38 Å². The van der Waals surface area contributed by atoms with Gasteiger partial charge in [0, 0.05) is 10.3 Å². The van der Waals surface area contributed by atoms with Crippen molar-refractivity contribution in [1.29, 1.82) is 0 Å². The second kappa shape index (κ2) is 9.39. The largest absolute Gasteiger partial charge is 0.486 e. The monoisotopic (exact) mass is 596 g/mol. The Hall–Kier alpha value is -1.13. The van der Waals surface area contributed by atoms with E-state index in [2.05, 4.69) is 47.2 Å². The number of thioether (sulfide) groups is 1. The number of aromatic nitrogens is 4. The predicted octanol–water partition coefficient (Wildman–Crippen LogP) is 2.54. The van der Waals surface area contributed by atoms with E-state index in [9.17, 15) is 24.8 Å². The highest BCUT2D eigenvalue weighted by Crippen LogP contribution is 2.40. The summed E-state index contributed by atoms with van der Waals surface area (Å²) in [5.74, 6) is -0.459. The van der Waals surface area contributed by atoms with E-state index < -0.39 is 42.2 Å². The number of rotatable bonds is 5. The van der Waals surface area contributed by atoms with E-state index in [1.165, 1.54) is 23.0 Å². The van der Waals surface area contributed by atoms with Crippen LogP contribution in [-0.2, 0) is 4.74 Å². The molecule has 0 spiro atoms. The van der Waals surface area contributed by atoms with Crippen LogP contribution in [0.25, 0.3) is 11.4 Å². The van der Waals surface area contributed by atoms with E-state index in [0.717, 1.165) is 23.1 Å². The first-order valence-corrected chi connectivity index (χ1v) is 12.1. The molecule has 3 aromatic rings. The molecule has 5 atom stereocenters. The van der Waals surface area contributed by atoms with Crippen LogP contribution < -0.4 is 0 Å². The van der Waals surface area contributed by atoms with Gasteiger partial charge < -0.3 is 25.2 Å². The van der Waals surface area contributed by atoms with Gasteiger partial charge in [0.1, 0.15) is 41.2 Å². The third kappa shape index (κ3) is 4.66. The Balaban J connectivity index is 1.62. The number of ether oxygens (including phenoxy) is 1. The van der Waals surface area contributed by atoms with Crippen LogP contribution in [0.1, 0.15) is 6.04 Å². The minimum absolute atomic E-state index is 0.121. The first-order valence-electron chi connectivity index (χ1n) is 8.79. The number of aliphatic hydroxyl groups is 3. The van der Waals surface area contributed by atoms with Gasteiger partial charge in [-0.05, 0) is 44.0 Å². The van der Waals surface area contributed by atoms with Gasteiger partial charge in [0.25, 0.3) is 5.19 Å². The van der Waals surface area contributed by atoms with Crippen molar-refractivity contribution >= 4 is 55.0 Å². The average molecular weight is 598 g/mol. The molecule has 1 aliphatic rings. The second-order valence-electron chi connectivity index (χ2n) is 6.62. The maximum atomic E-state index is 13.9. The van der Waals surface area contributed by atoms with Gasteiger partial charge in [0.2, 0.25) is 0 Å². The number of halogens is 3. The zero-order chi connectivity index (χ0) is 22.3. The molecule has 0 amide bonds. The van der Waals surface area contributed by atoms with Crippen molar-refractivity contribution in [1.82, 2.24) is 20.0 Å². The molecular weight excluding hydrogens is 583 g/mol. The Morgan fingerprint density at radius 2 is 1.90 bits per heavy atom. The molecule has 4 rings (SSSR count). The number of aromatic hydroxyl groups is 1. The molecule has 166 valence electrons. The summed E-state index contributed by atoms with van der Waals surface area (Å²) in [6.45, 7) is -0.486. The Labute approximate surface area is 200 Å². The van der Waals surface area contributed by atoms with Crippen molar-refractivity contribution in [2.75, 3.05) is 6.61 Å². The summed E-state index contributed by atoms with van der Waals surface area (Å²) >= 11 is 8.42. The molecule has 1 aromatic carbocycles. The molecule has 0 radical (unpaired) electrons. The Morgan fingerprint density at radius 3 is 2.52 bits per heavy atom. The number of nitrogens with zero attached hydrogens (tertiary/aromatic N) is 4. The molecule has 4 N–H and O–H groups in total. The van der Waals surface area contributed by atoms with Crippen molar-refractivity contribution in [3.05, 3.63) is 38.5 Å². The summed E-state index contributed by atoms with van der Waals surface area (Å²) < 4.78 is 21.3. The minimum atomic E-state index is -1.28. The van der Waals surface area contributed by atoms with Gasteiger partial charge in [0.05, 0.1) is 21.7 Å². The molecule has 3 heterocycles. The van der Waals surface area contributed by atoms with Crippen LogP contribution in [0.4, 0.5) is 4.39 Å². The van der Waals surface area contributed by atoms with Crippen molar-refractivity contribution in [2.24, 2.45) is 0 Å². The zero-order valence-corrected chi connectivity index (χ0v) is 20.1. The highest BCUT2D eigenvalue weighted by molar-refractivity contribution is 9.11. The summed E-state index contributed by atoms with van der Waals surface area (Å²) in [5, 5.41) is 50.3. The first-order chi connectivity index (χ1) is 14.8. The number of hydrogen-bond acceptors (Lipinski definition) is 10. The summed E-state index contributed by atoms with van der Waals surface area (Å²) in [6, 6.07) is 2.10. The molecule has 9 nitrogen and oxygen atoms in total.